The van der Waals surface area contributed by atoms with Gasteiger partial charge in [0.2, 0.25) is 0 Å². The first kappa shape index (κ1) is 10.4. The Bertz CT molecular complexity index is 361. The normalized spacial score (nSPS) is 9.79. The summed E-state index contributed by atoms with van der Waals surface area (Å²) in [5, 5.41) is 18.1. The summed E-state index contributed by atoms with van der Waals surface area (Å²) < 4.78 is 0. The Hall–Kier alpha value is -1.71. The van der Waals surface area contributed by atoms with Crippen molar-refractivity contribution in [2.24, 2.45) is 0 Å². The standard InChI is InChI=1S/C10H12N2O2/c1-2-4-10(11)8-5-3-6-9(7-8)12(13)14/h3,5-7,11H,2,4H2,1H3. The monoisotopic (exact) mass is 192 g/mol. The summed E-state index contributed by atoms with van der Waals surface area (Å²) in [6, 6.07) is 6.21. The molecule has 0 aliphatic heterocycles. The molecule has 0 amide bonds. The van der Waals surface area contributed by atoms with Crippen LogP contribution < -0.4 is 0 Å². The molecule has 0 unspecified atom stereocenters. The van der Waals surface area contributed by atoms with Gasteiger partial charge in [0.1, 0.15) is 0 Å². The SMILES string of the molecule is CCCC(=N)c1cccc([N+](=O)[O-])c1. The molecule has 0 aliphatic rings. The minimum absolute atomic E-state index is 0.0448. The highest BCUT2D eigenvalue weighted by atomic mass is 16.6. The molecule has 14 heavy (non-hydrogen) atoms. The number of nitro groups is 1. The van der Waals surface area contributed by atoms with Gasteiger partial charge < -0.3 is 5.41 Å². The molecule has 0 fully saturated rings. The van der Waals surface area contributed by atoms with E-state index < -0.39 is 4.92 Å². The molecule has 0 atom stereocenters. The molecule has 1 aromatic carbocycles. The number of benzene rings is 1. The third-order valence-corrected chi connectivity index (χ3v) is 1.91. The molecular weight excluding hydrogens is 180 g/mol. The lowest BCUT2D eigenvalue weighted by Crippen LogP contribution is -1.99. The number of rotatable bonds is 4. The predicted molar refractivity (Wildman–Crippen MR) is 54.8 cm³/mol. The lowest BCUT2D eigenvalue weighted by Gasteiger charge is -2.01. The van der Waals surface area contributed by atoms with E-state index in [1.165, 1.54) is 12.1 Å². The fourth-order valence-corrected chi connectivity index (χ4v) is 1.20. The van der Waals surface area contributed by atoms with Gasteiger partial charge >= 0.3 is 0 Å². The molecule has 0 heterocycles. The van der Waals surface area contributed by atoms with Gasteiger partial charge in [-0.05, 0) is 6.42 Å². The fraction of sp³-hybridized carbons (Fsp3) is 0.300. The summed E-state index contributed by atoms with van der Waals surface area (Å²) in [7, 11) is 0. The van der Waals surface area contributed by atoms with E-state index in [0.29, 0.717) is 17.7 Å². The molecule has 0 saturated heterocycles. The summed E-state index contributed by atoms with van der Waals surface area (Å²) in [5.74, 6) is 0. The van der Waals surface area contributed by atoms with Gasteiger partial charge in [-0.15, -0.1) is 0 Å². The van der Waals surface area contributed by atoms with Crippen LogP contribution in [0.15, 0.2) is 24.3 Å². The van der Waals surface area contributed by atoms with Crippen molar-refractivity contribution in [2.45, 2.75) is 19.8 Å². The predicted octanol–water partition coefficient (Wildman–Crippen LogP) is 2.76. The summed E-state index contributed by atoms with van der Waals surface area (Å²) in [4.78, 5) is 10.0. The summed E-state index contributed by atoms with van der Waals surface area (Å²) in [6.45, 7) is 1.98. The summed E-state index contributed by atoms with van der Waals surface area (Å²) >= 11 is 0. The zero-order valence-corrected chi connectivity index (χ0v) is 7.99. The molecule has 0 spiro atoms. The lowest BCUT2D eigenvalue weighted by atomic mass is 10.1. The van der Waals surface area contributed by atoms with Crippen LogP contribution in [0.2, 0.25) is 0 Å². The average molecular weight is 192 g/mol. The number of non-ortho nitro benzene ring substituents is 1. The molecule has 1 aromatic rings. The minimum Gasteiger partial charge on any atom is -0.305 e. The van der Waals surface area contributed by atoms with Crippen molar-refractivity contribution in [3.8, 4) is 0 Å². The molecule has 0 aliphatic carbocycles. The van der Waals surface area contributed by atoms with Crippen LogP contribution in [0.5, 0.6) is 0 Å². The van der Waals surface area contributed by atoms with Gasteiger partial charge in [-0.25, -0.2) is 0 Å². The molecule has 4 heteroatoms. The Labute approximate surface area is 82.2 Å². The fourth-order valence-electron chi connectivity index (χ4n) is 1.20. The van der Waals surface area contributed by atoms with Crippen molar-refractivity contribution in [1.29, 1.82) is 5.41 Å². The van der Waals surface area contributed by atoms with Crippen molar-refractivity contribution >= 4 is 11.4 Å². The number of nitro benzene ring substituents is 1. The van der Waals surface area contributed by atoms with Gasteiger partial charge in [-0.1, -0.05) is 25.5 Å². The Balaban J connectivity index is 2.93. The van der Waals surface area contributed by atoms with E-state index >= 15 is 0 Å². The van der Waals surface area contributed by atoms with E-state index in [4.69, 9.17) is 5.41 Å². The van der Waals surface area contributed by atoms with Gasteiger partial charge in [0.05, 0.1) is 4.92 Å². The van der Waals surface area contributed by atoms with Crippen LogP contribution in [-0.2, 0) is 0 Å². The maximum Gasteiger partial charge on any atom is 0.270 e. The first-order valence-electron chi connectivity index (χ1n) is 4.47. The topological polar surface area (TPSA) is 67.0 Å². The van der Waals surface area contributed by atoms with Gasteiger partial charge in [-0.2, -0.15) is 0 Å². The quantitative estimate of drug-likeness (QED) is 0.452. The maximum absolute atomic E-state index is 10.5. The summed E-state index contributed by atoms with van der Waals surface area (Å²) in [5.41, 5.74) is 1.14. The maximum atomic E-state index is 10.5. The Morgan fingerprint density at radius 3 is 2.86 bits per heavy atom. The Morgan fingerprint density at radius 1 is 1.57 bits per heavy atom. The highest BCUT2D eigenvalue weighted by Crippen LogP contribution is 2.14. The second-order valence-electron chi connectivity index (χ2n) is 3.04. The Kier molecular flexibility index (Phi) is 3.34. The van der Waals surface area contributed by atoms with Gasteiger partial charge in [-0.3, -0.25) is 10.1 Å². The molecule has 0 saturated carbocycles. The third kappa shape index (κ3) is 2.39. The van der Waals surface area contributed by atoms with Crippen LogP contribution in [0.4, 0.5) is 5.69 Å². The minimum atomic E-state index is -0.442. The van der Waals surface area contributed by atoms with Crippen LogP contribution in [0.3, 0.4) is 0 Å². The van der Waals surface area contributed by atoms with E-state index in [1.54, 1.807) is 12.1 Å². The van der Waals surface area contributed by atoms with Crippen LogP contribution in [-0.4, -0.2) is 10.6 Å². The number of hydrogen-bond acceptors (Lipinski definition) is 3. The third-order valence-electron chi connectivity index (χ3n) is 1.91. The zero-order valence-electron chi connectivity index (χ0n) is 7.99. The number of nitrogens with zero attached hydrogens (tertiary/aromatic N) is 1. The van der Waals surface area contributed by atoms with E-state index in [-0.39, 0.29) is 5.69 Å². The molecule has 0 bridgehead atoms. The lowest BCUT2D eigenvalue weighted by molar-refractivity contribution is -0.384. The van der Waals surface area contributed by atoms with Crippen LogP contribution in [0.25, 0.3) is 0 Å². The van der Waals surface area contributed by atoms with Crippen molar-refractivity contribution in [1.82, 2.24) is 0 Å². The van der Waals surface area contributed by atoms with Crippen molar-refractivity contribution in [3.63, 3.8) is 0 Å². The second-order valence-corrected chi connectivity index (χ2v) is 3.04. The van der Waals surface area contributed by atoms with E-state index in [9.17, 15) is 10.1 Å². The highest BCUT2D eigenvalue weighted by Gasteiger charge is 2.07. The zero-order chi connectivity index (χ0) is 10.6. The highest BCUT2D eigenvalue weighted by molar-refractivity contribution is 5.98. The Morgan fingerprint density at radius 2 is 2.29 bits per heavy atom. The van der Waals surface area contributed by atoms with Crippen molar-refractivity contribution in [2.75, 3.05) is 0 Å². The molecular formula is C10H12N2O2. The molecule has 4 nitrogen and oxygen atoms in total. The van der Waals surface area contributed by atoms with Crippen LogP contribution in [0, 0.1) is 15.5 Å². The molecule has 0 radical (unpaired) electrons. The average Bonchev–Trinajstić information content (AvgIpc) is 2.18. The first-order valence-corrected chi connectivity index (χ1v) is 4.47. The second kappa shape index (κ2) is 4.50. The van der Waals surface area contributed by atoms with Gasteiger partial charge in [0.15, 0.2) is 0 Å². The van der Waals surface area contributed by atoms with E-state index in [0.717, 1.165) is 6.42 Å². The van der Waals surface area contributed by atoms with Crippen molar-refractivity contribution < 1.29 is 4.92 Å². The first-order chi connectivity index (χ1) is 6.65. The molecule has 1 N–H and O–H groups in total. The molecule has 1 rings (SSSR count). The molecule has 74 valence electrons. The van der Waals surface area contributed by atoms with Crippen LogP contribution >= 0.6 is 0 Å². The van der Waals surface area contributed by atoms with Gasteiger partial charge in [0, 0.05) is 23.4 Å². The summed E-state index contributed by atoms with van der Waals surface area (Å²) in [6.07, 6.45) is 1.53. The van der Waals surface area contributed by atoms with Gasteiger partial charge in [0.25, 0.3) is 5.69 Å². The molecule has 0 aromatic heterocycles. The van der Waals surface area contributed by atoms with E-state index in [1.807, 2.05) is 6.92 Å². The number of nitrogens with one attached hydrogen (secondary N) is 1. The van der Waals surface area contributed by atoms with Crippen molar-refractivity contribution in [3.05, 3.63) is 39.9 Å². The van der Waals surface area contributed by atoms with E-state index in [2.05, 4.69) is 0 Å². The smallest absolute Gasteiger partial charge is 0.270 e. The van der Waals surface area contributed by atoms with Crippen LogP contribution in [0.1, 0.15) is 25.3 Å². The number of hydrogen-bond donors (Lipinski definition) is 1. The largest absolute Gasteiger partial charge is 0.305 e.